The van der Waals surface area contributed by atoms with Gasteiger partial charge in [-0.1, -0.05) is 13.3 Å². The first-order valence-corrected chi connectivity index (χ1v) is 7.42. The molecule has 4 nitrogen and oxygen atoms in total. The average Bonchev–Trinajstić information content (AvgIpc) is 2.28. The topological polar surface area (TPSA) is 72.2 Å². The molecule has 1 fully saturated rings. The molecule has 1 aliphatic carbocycles. The van der Waals surface area contributed by atoms with Crippen LogP contribution in [0.5, 0.6) is 0 Å². The Kier molecular flexibility index (Phi) is 5.98. The van der Waals surface area contributed by atoms with Crippen LogP contribution in [0.25, 0.3) is 0 Å². The Hall–Kier alpha value is -0.420. The molecule has 1 rings (SSSR count). The summed E-state index contributed by atoms with van der Waals surface area (Å²) in [5, 5.41) is 3.24. The summed E-state index contributed by atoms with van der Waals surface area (Å²) >= 11 is 0. The molecule has 1 amide bonds. The summed E-state index contributed by atoms with van der Waals surface area (Å²) in [4.78, 5) is 11.4. The molecule has 0 aromatic carbocycles. The van der Waals surface area contributed by atoms with Crippen LogP contribution in [0.2, 0.25) is 0 Å². The minimum absolute atomic E-state index is 0.0235. The highest BCUT2D eigenvalue weighted by Gasteiger charge is 2.26. The predicted molar refractivity (Wildman–Crippen MR) is 66.5 cm³/mol. The van der Waals surface area contributed by atoms with E-state index in [1.807, 2.05) is 6.92 Å². The SMILES string of the molecule is CCS(=O)C1CCCC(NC(=O)CCN)C1. The maximum atomic E-state index is 11.7. The molecule has 5 heteroatoms. The minimum Gasteiger partial charge on any atom is -0.353 e. The first-order chi connectivity index (χ1) is 7.67. The molecule has 94 valence electrons. The molecule has 0 radical (unpaired) electrons. The van der Waals surface area contributed by atoms with Crippen LogP contribution in [0.15, 0.2) is 0 Å². The van der Waals surface area contributed by atoms with Crippen LogP contribution in [0, 0.1) is 0 Å². The van der Waals surface area contributed by atoms with Gasteiger partial charge >= 0.3 is 0 Å². The molecule has 1 saturated carbocycles. The van der Waals surface area contributed by atoms with E-state index in [4.69, 9.17) is 5.73 Å². The summed E-state index contributed by atoms with van der Waals surface area (Å²) in [6, 6.07) is 0.202. The number of amides is 1. The summed E-state index contributed by atoms with van der Waals surface area (Å²) in [5.74, 6) is 0.740. The fourth-order valence-electron chi connectivity index (χ4n) is 2.18. The molecule has 0 spiro atoms. The van der Waals surface area contributed by atoms with E-state index in [0.29, 0.717) is 18.7 Å². The fourth-order valence-corrected chi connectivity index (χ4v) is 3.53. The third-order valence-electron chi connectivity index (χ3n) is 3.02. The monoisotopic (exact) mass is 246 g/mol. The lowest BCUT2D eigenvalue weighted by Crippen LogP contribution is -2.41. The van der Waals surface area contributed by atoms with Crippen molar-refractivity contribution in [1.29, 1.82) is 0 Å². The molecule has 0 aliphatic heterocycles. The van der Waals surface area contributed by atoms with Crippen molar-refractivity contribution in [2.75, 3.05) is 12.3 Å². The van der Waals surface area contributed by atoms with E-state index >= 15 is 0 Å². The molecular weight excluding hydrogens is 224 g/mol. The second kappa shape index (κ2) is 7.01. The lowest BCUT2D eigenvalue weighted by Gasteiger charge is -2.29. The van der Waals surface area contributed by atoms with Crippen LogP contribution < -0.4 is 11.1 Å². The van der Waals surface area contributed by atoms with E-state index < -0.39 is 10.8 Å². The van der Waals surface area contributed by atoms with Gasteiger partial charge in [0.05, 0.1) is 0 Å². The molecule has 0 aromatic heterocycles. The van der Waals surface area contributed by atoms with Crippen molar-refractivity contribution >= 4 is 16.7 Å². The normalized spacial score (nSPS) is 27.4. The van der Waals surface area contributed by atoms with Crippen molar-refractivity contribution in [3.8, 4) is 0 Å². The number of rotatable bonds is 5. The van der Waals surface area contributed by atoms with Crippen LogP contribution in [0.4, 0.5) is 0 Å². The van der Waals surface area contributed by atoms with Gasteiger partial charge in [-0.15, -0.1) is 0 Å². The molecule has 0 aromatic rings. The number of hydrogen-bond donors (Lipinski definition) is 2. The van der Waals surface area contributed by atoms with Crippen molar-refractivity contribution < 1.29 is 9.00 Å². The molecule has 3 N–H and O–H groups in total. The van der Waals surface area contributed by atoms with Gasteiger partial charge in [0.1, 0.15) is 0 Å². The summed E-state index contributed by atoms with van der Waals surface area (Å²) < 4.78 is 11.7. The highest BCUT2D eigenvalue weighted by molar-refractivity contribution is 7.85. The molecule has 16 heavy (non-hydrogen) atoms. The lowest BCUT2D eigenvalue weighted by molar-refractivity contribution is -0.121. The van der Waals surface area contributed by atoms with E-state index in [2.05, 4.69) is 5.32 Å². The third-order valence-corrected chi connectivity index (χ3v) is 4.76. The third kappa shape index (κ3) is 4.22. The van der Waals surface area contributed by atoms with Crippen molar-refractivity contribution in [2.45, 2.75) is 50.3 Å². The average molecular weight is 246 g/mol. The Morgan fingerprint density at radius 2 is 2.25 bits per heavy atom. The number of carbonyl (C=O) groups excluding carboxylic acids is 1. The van der Waals surface area contributed by atoms with Crippen LogP contribution in [-0.2, 0) is 15.6 Å². The van der Waals surface area contributed by atoms with Crippen LogP contribution in [-0.4, -0.2) is 33.7 Å². The quantitative estimate of drug-likeness (QED) is 0.743. The number of hydrogen-bond acceptors (Lipinski definition) is 3. The summed E-state index contributed by atoms with van der Waals surface area (Å²) in [7, 11) is -0.729. The molecule has 0 heterocycles. The van der Waals surface area contributed by atoms with E-state index in [0.717, 1.165) is 25.7 Å². The zero-order valence-corrected chi connectivity index (χ0v) is 10.7. The van der Waals surface area contributed by atoms with E-state index in [1.165, 1.54) is 0 Å². The van der Waals surface area contributed by atoms with E-state index in [-0.39, 0.29) is 17.2 Å². The van der Waals surface area contributed by atoms with E-state index in [1.54, 1.807) is 0 Å². The first-order valence-electron chi connectivity index (χ1n) is 6.04. The number of nitrogens with two attached hydrogens (primary N) is 1. The van der Waals surface area contributed by atoms with Gasteiger partial charge in [-0.3, -0.25) is 9.00 Å². The van der Waals surface area contributed by atoms with E-state index in [9.17, 15) is 9.00 Å². The van der Waals surface area contributed by atoms with Gasteiger partial charge in [-0.25, -0.2) is 0 Å². The molecular formula is C11H22N2O2S. The minimum atomic E-state index is -0.729. The van der Waals surface area contributed by atoms with Gasteiger partial charge in [0.2, 0.25) is 5.91 Å². The molecule has 3 atom stereocenters. The van der Waals surface area contributed by atoms with Gasteiger partial charge < -0.3 is 11.1 Å². The Labute approximate surface area is 99.8 Å². The summed E-state index contributed by atoms with van der Waals surface area (Å²) in [6.45, 7) is 2.34. The van der Waals surface area contributed by atoms with Gasteiger partial charge in [0.15, 0.2) is 0 Å². The van der Waals surface area contributed by atoms with Gasteiger partial charge in [0.25, 0.3) is 0 Å². The van der Waals surface area contributed by atoms with Crippen molar-refractivity contribution in [3.05, 3.63) is 0 Å². The van der Waals surface area contributed by atoms with Crippen molar-refractivity contribution in [1.82, 2.24) is 5.32 Å². The zero-order chi connectivity index (χ0) is 12.0. The zero-order valence-electron chi connectivity index (χ0n) is 9.91. The fraction of sp³-hybridized carbons (Fsp3) is 0.909. The first kappa shape index (κ1) is 13.6. The van der Waals surface area contributed by atoms with Gasteiger partial charge in [-0.05, 0) is 19.3 Å². The molecule has 1 aliphatic rings. The van der Waals surface area contributed by atoms with Crippen LogP contribution in [0.1, 0.15) is 39.0 Å². The van der Waals surface area contributed by atoms with Crippen molar-refractivity contribution in [2.24, 2.45) is 5.73 Å². The largest absolute Gasteiger partial charge is 0.353 e. The second-order valence-electron chi connectivity index (χ2n) is 4.26. The maximum absolute atomic E-state index is 11.7. The predicted octanol–water partition coefficient (Wildman–Crippen LogP) is 0.531. The Balaban J connectivity index is 2.38. The smallest absolute Gasteiger partial charge is 0.221 e. The van der Waals surface area contributed by atoms with Gasteiger partial charge in [-0.2, -0.15) is 0 Å². The molecule has 0 bridgehead atoms. The lowest BCUT2D eigenvalue weighted by atomic mass is 9.95. The molecule has 0 saturated heterocycles. The van der Waals surface area contributed by atoms with Crippen molar-refractivity contribution in [3.63, 3.8) is 0 Å². The highest BCUT2D eigenvalue weighted by atomic mass is 32.2. The standard InChI is InChI=1S/C11H22N2O2S/c1-2-16(15)10-5-3-4-9(8-10)13-11(14)6-7-12/h9-10H,2-8,12H2,1H3,(H,13,14). The van der Waals surface area contributed by atoms with Crippen LogP contribution >= 0.6 is 0 Å². The second-order valence-corrected chi connectivity index (χ2v) is 6.27. The maximum Gasteiger partial charge on any atom is 0.221 e. The summed E-state index contributed by atoms with van der Waals surface area (Å²) in [6.07, 6.45) is 4.34. The Morgan fingerprint density at radius 3 is 2.88 bits per heavy atom. The molecule has 3 unspecified atom stereocenters. The Morgan fingerprint density at radius 1 is 1.50 bits per heavy atom. The number of nitrogens with one attached hydrogen (secondary N) is 1. The Bertz CT molecular complexity index is 258. The van der Waals surface area contributed by atoms with Gasteiger partial charge in [0, 0.05) is 40.8 Å². The highest BCUT2D eigenvalue weighted by Crippen LogP contribution is 2.22. The van der Waals surface area contributed by atoms with Crippen LogP contribution in [0.3, 0.4) is 0 Å². The summed E-state index contributed by atoms with van der Waals surface area (Å²) in [5.41, 5.74) is 5.32. The number of carbonyl (C=O) groups is 1.